The fourth-order valence-electron chi connectivity index (χ4n) is 2.68. The molecule has 3 heterocycles. The first-order valence-electron chi connectivity index (χ1n) is 7.65. The number of nitrogens with zero attached hydrogens (tertiary/aromatic N) is 1. The number of ether oxygens (including phenoxy) is 1. The number of pyridine rings is 2. The SMILES string of the molecule is O=c1[nH]c2c(Br)cccc2c(OCc2ccccn2)c1-c1cccs1. The number of hydrogen-bond donors (Lipinski definition) is 1. The number of hydrogen-bond acceptors (Lipinski definition) is 4. The van der Waals surface area contributed by atoms with E-state index in [-0.39, 0.29) is 5.56 Å². The lowest BCUT2D eigenvalue weighted by Crippen LogP contribution is -2.12. The van der Waals surface area contributed by atoms with Gasteiger partial charge in [-0.25, -0.2) is 0 Å². The summed E-state index contributed by atoms with van der Waals surface area (Å²) in [4.78, 5) is 20.9. The molecule has 0 amide bonds. The zero-order valence-electron chi connectivity index (χ0n) is 13.0. The molecule has 0 radical (unpaired) electrons. The van der Waals surface area contributed by atoms with Gasteiger partial charge in [-0.2, -0.15) is 0 Å². The van der Waals surface area contributed by atoms with Gasteiger partial charge in [0.05, 0.1) is 16.8 Å². The van der Waals surface area contributed by atoms with E-state index >= 15 is 0 Å². The first-order chi connectivity index (χ1) is 12.2. The number of halogens is 1. The van der Waals surface area contributed by atoms with Gasteiger partial charge in [0.15, 0.2) is 0 Å². The zero-order chi connectivity index (χ0) is 17.2. The van der Waals surface area contributed by atoms with Gasteiger partial charge >= 0.3 is 0 Å². The number of aromatic nitrogens is 2. The van der Waals surface area contributed by atoms with Crippen molar-refractivity contribution in [3.05, 3.63) is 80.6 Å². The minimum absolute atomic E-state index is 0.169. The van der Waals surface area contributed by atoms with E-state index < -0.39 is 0 Å². The van der Waals surface area contributed by atoms with Gasteiger partial charge < -0.3 is 9.72 Å². The number of aromatic amines is 1. The third kappa shape index (κ3) is 3.10. The third-order valence-corrected chi connectivity index (χ3v) is 5.36. The summed E-state index contributed by atoms with van der Waals surface area (Å²) in [6.07, 6.45) is 1.73. The van der Waals surface area contributed by atoms with Crippen LogP contribution in [0.25, 0.3) is 21.3 Å². The van der Waals surface area contributed by atoms with Crippen LogP contribution in [0, 0.1) is 0 Å². The van der Waals surface area contributed by atoms with Crippen molar-refractivity contribution in [3.8, 4) is 16.2 Å². The molecule has 4 nitrogen and oxygen atoms in total. The van der Waals surface area contributed by atoms with Crippen molar-refractivity contribution in [1.82, 2.24) is 9.97 Å². The molecule has 0 atom stereocenters. The van der Waals surface area contributed by atoms with Gasteiger partial charge in [0.1, 0.15) is 12.4 Å². The Morgan fingerprint density at radius 1 is 1.12 bits per heavy atom. The van der Waals surface area contributed by atoms with Crippen molar-refractivity contribution >= 4 is 38.2 Å². The number of H-pyrrole nitrogens is 1. The van der Waals surface area contributed by atoms with Crippen LogP contribution < -0.4 is 10.3 Å². The van der Waals surface area contributed by atoms with Crippen molar-refractivity contribution in [2.24, 2.45) is 0 Å². The van der Waals surface area contributed by atoms with E-state index in [0.717, 1.165) is 25.9 Å². The average molecular weight is 413 g/mol. The van der Waals surface area contributed by atoms with E-state index in [0.29, 0.717) is 17.9 Å². The summed E-state index contributed by atoms with van der Waals surface area (Å²) in [7, 11) is 0. The van der Waals surface area contributed by atoms with Crippen molar-refractivity contribution in [3.63, 3.8) is 0 Å². The molecule has 0 saturated carbocycles. The maximum absolute atomic E-state index is 12.8. The lowest BCUT2D eigenvalue weighted by molar-refractivity contribution is 0.306. The summed E-state index contributed by atoms with van der Waals surface area (Å²) < 4.78 is 6.92. The summed E-state index contributed by atoms with van der Waals surface area (Å²) in [5.74, 6) is 0.577. The molecule has 3 aromatic heterocycles. The van der Waals surface area contributed by atoms with E-state index in [1.807, 2.05) is 53.9 Å². The topological polar surface area (TPSA) is 55.0 Å². The Labute approximate surface area is 156 Å². The van der Waals surface area contributed by atoms with Crippen molar-refractivity contribution in [2.75, 3.05) is 0 Å². The standard InChI is InChI=1S/C19H13BrN2O2S/c20-14-7-3-6-13-17(14)22-19(23)16(15-8-4-10-25-15)18(13)24-11-12-5-1-2-9-21-12/h1-10H,11H2,(H,22,23). The second-order valence-electron chi connectivity index (χ2n) is 5.41. The molecule has 4 aromatic rings. The molecule has 0 saturated heterocycles. The van der Waals surface area contributed by atoms with E-state index in [1.165, 1.54) is 11.3 Å². The van der Waals surface area contributed by atoms with Crippen LogP contribution in [0.2, 0.25) is 0 Å². The van der Waals surface area contributed by atoms with E-state index in [4.69, 9.17) is 4.74 Å². The van der Waals surface area contributed by atoms with Gasteiger partial charge in [0, 0.05) is 20.9 Å². The summed E-state index contributed by atoms with van der Waals surface area (Å²) in [5.41, 5.74) is 1.92. The molecule has 0 aliphatic rings. The highest BCUT2D eigenvalue weighted by molar-refractivity contribution is 9.10. The number of nitrogens with one attached hydrogen (secondary N) is 1. The average Bonchev–Trinajstić information content (AvgIpc) is 3.15. The Morgan fingerprint density at radius 3 is 2.80 bits per heavy atom. The lowest BCUT2D eigenvalue weighted by Gasteiger charge is -2.13. The van der Waals surface area contributed by atoms with Crippen LogP contribution in [0.15, 0.2) is 69.4 Å². The zero-order valence-corrected chi connectivity index (χ0v) is 15.4. The molecule has 0 aliphatic heterocycles. The molecule has 0 unspecified atom stereocenters. The molecule has 0 fully saturated rings. The molecular weight excluding hydrogens is 400 g/mol. The fraction of sp³-hybridized carbons (Fsp3) is 0.0526. The predicted octanol–water partition coefficient (Wildman–Crippen LogP) is 4.99. The first-order valence-corrected chi connectivity index (χ1v) is 9.32. The quantitative estimate of drug-likeness (QED) is 0.513. The number of rotatable bonds is 4. The van der Waals surface area contributed by atoms with Gasteiger partial charge in [0.2, 0.25) is 0 Å². The molecule has 1 aromatic carbocycles. The highest BCUT2D eigenvalue weighted by Gasteiger charge is 2.18. The smallest absolute Gasteiger partial charge is 0.260 e. The predicted molar refractivity (Wildman–Crippen MR) is 104 cm³/mol. The van der Waals surface area contributed by atoms with E-state index in [1.54, 1.807) is 6.20 Å². The molecule has 25 heavy (non-hydrogen) atoms. The van der Waals surface area contributed by atoms with Crippen LogP contribution in [0.1, 0.15) is 5.69 Å². The molecular formula is C19H13BrN2O2S. The van der Waals surface area contributed by atoms with Crippen LogP contribution in [-0.4, -0.2) is 9.97 Å². The number of benzene rings is 1. The fourth-order valence-corrected chi connectivity index (χ4v) is 3.91. The largest absolute Gasteiger partial charge is 0.486 e. The Morgan fingerprint density at radius 2 is 2.04 bits per heavy atom. The van der Waals surface area contributed by atoms with Crippen LogP contribution in [0.3, 0.4) is 0 Å². The van der Waals surface area contributed by atoms with Crippen molar-refractivity contribution < 1.29 is 4.74 Å². The Bertz CT molecular complexity index is 1080. The summed E-state index contributed by atoms with van der Waals surface area (Å²) in [6, 6.07) is 15.3. The molecule has 1 N–H and O–H groups in total. The maximum Gasteiger partial charge on any atom is 0.260 e. The molecule has 0 spiro atoms. The van der Waals surface area contributed by atoms with Crippen molar-refractivity contribution in [2.45, 2.75) is 6.61 Å². The summed E-state index contributed by atoms with van der Waals surface area (Å²) in [6.45, 7) is 0.296. The normalized spacial score (nSPS) is 10.9. The lowest BCUT2D eigenvalue weighted by atomic mass is 10.1. The van der Waals surface area contributed by atoms with Gasteiger partial charge in [-0.15, -0.1) is 11.3 Å². The second-order valence-corrected chi connectivity index (χ2v) is 7.21. The minimum Gasteiger partial charge on any atom is -0.486 e. The van der Waals surface area contributed by atoms with Crippen LogP contribution in [0.4, 0.5) is 0 Å². The van der Waals surface area contributed by atoms with E-state index in [2.05, 4.69) is 25.9 Å². The Balaban J connectivity index is 1.90. The molecule has 0 bridgehead atoms. The van der Waals surface area contributed by atoms with Crippen LogP contribution in [-0.2, 0) is 6.61 Å². The molecule has 6 heteroatoms. The summed E-state index contributed by atoms with van der Waals surface area (Å²) >= 11 is 5.01. The number of fused-ring (bicyclic) bond motifs is 1. The summed E-state index contributed by atoms with van der Waals surface area (Å²) in [5, 5.41) is 2.80. The number of thiophene rings is 1. The molecule has 4 rings (SSSR count). The van der Waals surface area contributed by atoms with Crippen LogP contribution in [0.5, 0.6) is 5.75 Å². The maximum atomic E-state index is 12.8. The number of para-hydroxylation sites is 1. The van der Waals surface area contributed by atoms with E-state index in [9.17, 15) is 4.79 Å². The molecule has 0 aliphatic carbocycles. The van der Waals surface area contributed by atoms with Gasteiger partial charge in [-0.05, 0) is 51.6 Å². The second kappa shape index (κ2) is 6.82. The highest BCUT2D eigenvalue weighted by atomic mass is 79.9. The Hall–Kier alpha value is -2.44. The third-order valence-electron chi connectivity index (χ3n) is 3.81. The Kier molecular flexibility index (Phi) is 4.38. The molecule has 124 valence electrons. The highest BCUT2D eigenvalue weighted by Crippen LogP contribution is 2.37. The van der Waals surface area contributed by atoms with Crippen molar-refractivity contribution in [1.29, 1.82) is 0 Å². The van der Waals surface area contributed by atoms with Crippen LogP contribution >= 0.6 is 27.3 Å². The van der Waals surface area contributed by atoms with Gasteiger partial charge in [-0.3, -0.25) is 9.78 Å². The van der Waals surface area contributed by atoms with Gasteiger partial charge in [-0.1, -0.05) is 18.2 Å². The first kappa shape index (κ1) is 16.1. The minimum atomic E-state index is -0.169. The van der Waals surface area contributed by atoms with Gasteiger partial charge in [0.25, 0.3) is 5.56 Å². The monoisotopic (exact) mass is 412 g/mol.